The van der Waals surface area contributed by atoms with Gasteiger partial charge in [-0.2, -0.15) is 0 Å². The number of rotatable bonds is 5. The Balaban J connectivity index is 2.13. The normalized spacial score (nSPS) is 11.3. The predicted octanol–water partition coefficient (Wildman–Crippen LogP) is 5.83. The van der Waals surface area contributed by atoms with E-state index in [9.17, 15) is 9.59 Å². The van der Waals surface area contributed by atoms with Crippen molar-refractivity contribution in [2.24, 2.45) is 5.92 Å². The molecule has 0 bridgehead atoms. The molecule has 4 rings (SSSR count). The molecule has 3 aromatic carbocycles. The highest BCUT2D eigenvalue weighted by Crippen LogP contribution is 2.39. The van der Waals surface area contributed by atoms with E-state index in [2.05, 4.69) is 4.57 Å². The molecule has 158 valence electrons. The van der Waals surface area contributed by atoms with Gasteiger partial charge in [-0.05, 0) is 32.0 Å². The lowest BCUT2D eigenvalue weighted by Gasteiger charge is -2.13. The Morgan fingerprint density at radius 3 is 2.23 bits per heavy atom. The Morgan fingerprint density at radius 1 is 0.935 bits per heavy atom. The molecule has 1 heterocycles. The Morgan fingerprint density at radius 2 is 1.58 bits per heavy atom. The van der Waals surface area contributed by atoms with E-state index in [1.165, 1.54) is 0 Å². The fraction of sp³-hybridized carbons (Fsp3) is 0.231. The number of esters is 2. The Bertz CT molecular complexity index is 1290. The summed E-state index contributed by atoms with van der Waals surface area (Å²) in [6, 6.07) is 19.4. The van der Waals surface area contributed by atoms with Gasteiger partial charge in [-0.1, -0.05) is 56.3 Å². The second-order valence-electron chi connectivity index (χ2n) is 7.74. The molecule has 5 nitrogen and oxygen atoms in total. The van der Waals surface area contributed by atoms with Gasteiger partial charge < -0.3 is 14.0 Å². The summed E-state index contributed by atoms with van der Waals surface area (Å²) in [6.45, 7) is 7.56. The first kappa shape index (κ1) is 20.7. The van der Waals surface area contributed by atoms with E-state index in [-0.39, 0.29) is 18.5 Å². The van der Waals surface area contributed by atoms with Gasteiger partial charge in [0, 0.05) is 27.5 Å². The van der Waals surface area contributed by atoms with Gasteiger partial charge in [0.25, 0.3) is 0 Å². The molecule has 0 aliphatic heterocycles. The summed E-state index contributed by atoms with van der Waals surface area (Å²) in [5.41, 5.74) is 3.08. The van der Waals surface area contributed by atoms with Crippen LogP contribution in [0, 0.1) is 12.8 Å². The van der Waals surface area contributed by atoms with E-state index in [0.29, 0.717) is 16.7 Å². The highest BCUT2D eigenvalue weighted by Gasteiger charge is 2.25. The molecule has 0 aliphatic rings. The molecule has 0 radical (unpaired) electrons. The topological polar surface area (TPSA) is 57.5 Å². The van der Waals surface area contributed by atoms with E-state index in [1.807, 2.05) is 61.5 Å². The first-order chi connectivity index (χ1) is 14.9. The molecule has 0 spiro atoms. The van der Waals surface area contributed by atoms with Gasteiger partial charge in [0.2, 0.25) is 0 Å². The summed E-state index contributed by atoms with van der Waals surface area (Å²) in [5.74, 6) is -0.537. The first-order valence-electron chi connectivity index (χ1n) is 10.4. The number of aromatic nitrogens is 1. The van der Waals surface area contributed by atoms with Crippen LogP contribution in [0.4, 0.5) is 0 Å². The van der Waals surface area contributed by atoms with Gasteiger partial charge >= 0.3 is 11.9 Å². The van der Waals surface area contributed by atoms with Crippen LogP contribution >= 0.6 is 0 Å². The van der Waals surface area contributed by atoms with Crippen molar-refractivity contribution in [2.45, 2.75) is 27.7 Å². The van der Waals surface area contributed by atoms with Gasteiger partial charge in [-0.25, -0.2) is 4.79 Å². The standard InChI is InChI=1S/C26H25NO4/c1-5-30-26(29)23-17(4)27(18-11-7-6-8-12-18)24-20-14-10-9-13-19(20)22(15-21(23)24)31-25(28)16(2)3/h6-16H,5H2,1-4H3. The lowest BCUT2D eigenvalue weighted by atomic mass is 10.0. The molecule has 0 fully saturated rings. The van der Waals surface area contributed by atoms with E-state index in [4.69, 9.17) is 9.47 Å². The number of benzene rings is 3. The van der Waals surface area contributed by atoms with Gasteiger partial charge in [-0.3, -0.25) is 4.79 Å². The van der Waals surface area contributed by atoms with Crippen LogP contribution in [0.5, 0.6) is 5.75 Å². The maximum atomic E-state index is 13.0. The van der Waals surface area contributed by atoms with Crippen LogP contribution in [0.15, 0.2) is 60.7 Å². The van der Waals surface area contributed by atoms with E-state index in [1.54, 1.807) is 26.8 Å². The van der Waals surface area contributed by atoms with E-state index in [0.717, 1.165) is 27.7 Å². The number of nitrogens with zero attached hydrogens (tertiary/aromatic N) is 1. The summed E-state index contributed by atoms with van der Waals surface area (Å²) in [5, 5.41) is 2.41. The number of para-hydroxylation sites is 1. The van der Waals surface area contributed by atoms with Gasteiger partial charge in [0.05, 0.1) is 23.6 Å². The van der Waals surface area contributed by atoms with E-state index >= 15 is 0 Å². The van der Waals surface area contributed by atoms with Crippen LogP contribution in [-0.2, 0) is 9.53 Å². The Hall–Kier alpha value is -3.60. The molecule has 0 unspecified atom stereocenters. The minimum Gasteiger partial charge on any atom is -0.462 e. The van der Waals surface area contributed by atoms with E-state index < -0.39 is 5.97 Å². The monoisotopic (exact) mass is 415 g/mol. The molecule has 0 aliphatic carbocycles. The molecule has 0 atom stereocenters. The molecular weight excluding hydrogens is 390 g/mol. The smallest absolute Gasteiger partial charge is 0.340 e. The molecule has 0 saturated carbocycles. The summed E-state index contributed by atoms with van der Waals surface area (Å²) in [6.07, 6.45) is 0. The van der Waals surface area contributed by atoms with Crippen molar-refractivity contribution in [2.75, 3.05) is 6.61 Å². The highest BCUT2D eigenvalue weighted by molar-refractivity contribution is 6.17. The number of carbonyl (C=O) groups is 2. The third kappa shape index (κ3) is 3.56. The van der Waals surface area contributed by atoms with Crippen molar-refractivity contribution in [3.8, 4) is 11.4 Å². The van der Waals surface area contributed by atoms with Crippen LogP contribution in [0.25, 0.3) is 27.4 Å². The van der Waals surface area contributed by atoms with Crippen molar-refractivity contribution in [1.82, 2.24) is 4.57 Å². The number of hydrogen-bond acceptors (Lipinski definition) is 4. The zero-order valence-corrected chi connectivity index (χ0v) is 18.1. The second kappa shape index (κ2) is 8.26. The largest absolute Gasteiger partial charge is 0.462 e. The van der Waals surface area contributed by atoms with Crippen LogP contribution < -0.4 is 4.74 Å². The molecule has 4 aromatic rings. The number of fused-ring (bicyclic) bond motifs is 3. The zero-order chi connectivity index (χ0) is 22.1. The quantitative estimate of drug-likeness (QED) is 0.304. The van der Waals surface area contributed by atoms with Crippen molar-refractivity contribution < 1.29 is 19.1 Å². The predicted molar refractivity (Wildman–Crippen MR) is 122 cm³/mol. The van der Waals surface area contributed by atoms with Gasteiger partial charge in [-0.15, -0.1) is 0 Å². The van der Waals surface area contributed by atoms with Crippen molar-refractivity contribution in [3.05, 3.63) is 71.9 Å². The van der Waals surface area contributed by atoms with Gasteiger partial charge in [0.1, 0.15) is 5.75 Å². The SMILES string of the molecule is CCOC(=O)c1c(C)n(-c2ccccc2)c2c1cc(OC(=O)C(C)C)c1ccccc12. The Kier molecular flexibility index (Phi) is 5.51. The minimum atomic E-state index is -0.393. The molecule has 1 aromatic heterocycles. The Labute approximate surface area is 181 Å². The lowest BCUT2D eigenvalue weighted by molar-refractivity contribution is -0.137. The average Bonchev–Trinajstić information content (AvgIpc) is 3.06. The number of carbonyl (C=O) groups excluding carboxylic acids is 2. The first-order valence-corrected chi connectivity index (χ1v) is 10.4. The summed E-state index contributed by atoms with van der Waals surface area (Å²) in [7, 11) is 0. The maximum absolute atomic E-state index is 13.0. The van der Waals surface area contributed by atoms with Crippen LogP contribution in [0.3, 0.4) is 0 Å². The number of ether oxygens (including phenoxy) is 2. The fourth-order valence-corrected chi connectivity index (χ4v) is 3.90. The lowest BCUT2D eigenvalue weighted by Crippen LogP contribution is -2.15. The average molecular weight is 415 g/mol. The number of hydrogen-bond donors (Lipinski definition) is 0. The summed E-state index contributed by atoms with van der Waals surface area (Å²) < 4.78 is 13.2. The molecule has 0 N–H and O–H groups in total. The van der Waals surface area contributed by atoms with Crippen molar-refractivity contribution in [3.63, 3.8) is 0 Å². The minimum absolute atomic E-state index is 0.269. The second-order valence-corrected chi connectivity index (χ2v) is 7.74. The molecular formula is C26H25NO4. The third-order valence-electron chi connectivity index (χ3n) is 5.34. The van der Waals surface area contributed by atoms with Crippen molar-refractivity contribution in [1.29, 1.82) is 0 Å². The molecule has 31 heavy (non-hydrogen) atoms. The molecule has 0 saturated heterocycles. The van der Waals surface area contributed by atoms with Crippen LogP contribution in [-0.4, -0.2) is 23.1 Å². The van der Waals surface area contributed by atoms with Gasteiger partial charge in [0.15, 0.2) is 0 Å². The summed E-state index contributed by atoms with van der Waals surface area (Å²) >= 11 is 0. The molecule has 5 heteroatoms. The highest BCUT2D eigenvalue weighted by atomic mass is 16.5. The fourth-order valence-electron chi connectivity index (χ4n) is 3.90. The molecule has 0 amide bonds. The van der Waals surface area contributed by atoms with Crippen LogP contribution in [0.2, 0.25) is 0 Å². The maximum Gasteiger partial charge on any atom is 0.340 e. The third-order valence-corrected chi connectivity index (χ3v) is 5.34. The summed E-state index contributed by atoms with van der Waals surface area (Å²) in [4.78, 5) is 25.3. The zero-order valence-electron chi connectivity index (χ0n) is 18.1. The van der Waals surface area contributed by atoms with Crippen molar-refractivity contribution >= 4 is 33.6 Å². The van der Waals surface area contributed by atoms with Crippen LogP contribution in [0.1, 0.15) is 36.8 Å².